The summed E-state index contributed by atoms with van der Waals surface area (Å²) in [7, 11) is -5.02. The van der Waals surface area contributed by atoms with E-state index in [1.165, 1.54) is 0 Å². The minimum absolute atomic E-state index is 0.233. The van der Waals surface area contributed by atoms with Gasteiger partial charge < -0.3 is 4.55 Å². The lowest BCUT2D eigenvalue weighted by Crippen LogP contribution is -2.44. The van der Waals surface area contributed by atoms with E-state index in [1.807, 2.05) is 80.6 Å². The number of hydrogen-bond donors (Lipinski definition) is 1. The Morgan fingerprint density at radius 2 is 1.27 bits per heavy atom. The molecule has 246 valence electrons. The zero-order valence-electron chi connectivity index (χ0n) is 27.7. The summed E-state index contributed by atoms with van der Waals surface area (Å²) in [5, 5.41) is 9.44. The minimum atomic E-state index is -4.01. The van der Waals surface area contributed by atoms with E-state index < -0.39 is 34.1 Å². The molecule has 2 atom stereocenters. The third-order valence-electron chi connectivity index (χ3n) is 9.18. The van der Waals surface area contributed by atoms with E-state index >= 15 is 0 Å². The van der Waals surface area contributed by atoms with Gasteiger partial charge in [0.15, 0.2) is 0 Å². The predicted octanol–water partition coefficient (Wildman–Crippen LogP) is 7.86. The van der Waals surface area contributed by atoms with Crippen LogP contribution in [0.25, 0.3) is 10.9 Å². The highest BCUT2D eigenvalue weighted by Crippen LogP contribution is 2.45. The number of rotatable bonds is 11. The third-order valence-corrected chi connectivity index (χ3v) is 14.7. The monoisotopic (exact) mass is 692 g/mol. The first-order chi connectivity index (χ1) is 23.0. The number of aryl methyl sites for hydroxylation is 2. The molecule has 6 aromatic rings. The molecule has 2 unspecified atom stereocenters. The SMILES string of the molecule is Cc1cc(C)cc(C(Cc2c(CP(c3ccccc3)c3ccccc3)n(S(=O)(=O)c3ccccc3)c3ccccc23)C(C)(C)[S+](N)[O-])c1. The number of fused-ring (bicyclic) bond motifs is 1. The van der Waals surface area contributed by atoms with Crippen molar-refractivity contribution in [3.63, 3.8) is 0 Å². The van der Waals surface area contributed by atoms with E-state index in [1.54, 1.807) is 28.2 Å². The minimum Gasteiger partial charge on any atom is -0.598 e. The summed E-state index contributed by atoms with van der Waals surface area (Å²) in [6, 6.07) is 43.6. The van der Waals surface area contributed by atoms with Crippen LogP contribution in [0.15, 0.2) is 138 Å². The molecule has 1 aromatic heterocycles. The van der Waals surface area contributed by atoms with Crippen LogP contribution in [0.3, 0.4) is 0 Å². The summed E-state index contributed by atoms with van der Waals surface area (Å²) in [6.45, 7) is 8.03. The van der Waals surface area contributed by atoms with E-state index in [0.717, 1.165) is 43.9 Å². The van der Waals surface area contributed by atoms with Crippen LogP contribution in [0.2, 0.25) is 0 Å². The molecule has 48 heavy (non-hydrogen) atoms. The molecule has 0 spiro atoms. The molecule has 0 aliphatic heterocycles. The topological polar surface area (TPSA) is 88.2 Å². The van der Waals surface area contributed by atoms with Crippen molar-refractivity contribution in [2.45, 2.75) is 55.8 Å². The van der Waals surface area contributed by atoms with Crippen molar-refractivity contribution in [3.8, 4) is 0 Å². The quantitative estimate of drug-likeness (QED) is 0.111. The molecule has 5 aromatic carbocycles. The van der Waals surface area contributed by atoms with E-state index in [2.05, 4.69) is 56.3 Å². The van der Waals surface area contributed by atoms with Crippen molar-refractivity contribution in [1.82, 2.24) is 3.97 Å². The molecule has 0 aliphatic rings. The molecule has 0 bridgehead atoms. The van der Waals surface area contributed by atoms with Crippen LogP contribution in [0.5, 0.6) is 0 Å². The molecule has 5 nitrogen and oxygen atoms in total. The summed E-state index contributed by atoms with van der Waals surface area (Å²) >= 11 is -1.66. The number of hydrogen-bond acceptors (Lipinski definition) is 4. The van der Waals surface area contributed by atoms with Crippen molar-refractivity contribution in [2.24, 2.45) is 5.14 Å². The second kappa shape index (κ2) is 14.0. The van der Waals surface area contributed by atoms with Gasteiger partial charge in [0.05, 0.1) is 10.4 Å². The predicted molar refractivity (Wildman–Crippen MR) is 203 cm³/mol. The first-order valence-corrected chi connectivity index (χ1v) is 20.2. The highest BCUT2D eigenvalue weighted by Gasteiger charge is 2.42. The van der Waals surface area contributed by atoms with Gasteiger partial charge in [0, 0.05) is 34.5 Å². The van der Waals surface area contributed by atoms with Crippen molar-refractivity contribution in [3.05, 3.63) is 161 Å². The lowest BCUT2D eigenvalue weighted by molar-refractivity contribution is 0.481. The normalized spacial score (nSPS) is 13.6. The summed E-state index contributed by atoms with van der Waals surface area (Å²) in [4.78, 5) is 0.233. The molecule has 0 saturated heterocycles. The molecule has 0 radical (unpaired) electrons. The first-order valence-electron chi connectivity index (χ1n) is 16.0. The van der Waals surface area contributed by atoms with Crippen molar-refractivity contribution in [2.75, 3.05) is 0 Å². The van der Waals surface area contributed by atoms with Gasteiger partial charge in [-0.3, -0.25) is 0 Å². The van der Waals surface area contributed by atoms with Crippen LogP contribution in [0, 0.1) is 13.8 Å². The average molecular weight is 693 g/mol. The fourth-order valence-corrected chi connectivity index (χ4v) is 11.3. The van der Waals surface area contributed by atoms with Gasteiger partial charge in [-0.25, -0.2) is 12.4 Å². The van der Waals surface area contributed by atoms with Gasteiger partial charge in [-0.2, -0.15) is 5.14 Å². The fraction of sp³-hybridized carbons (Fsp3) is 0.200. The van der Waals surface area contributed by atoms with Gasteiger partial charge >= 0.3 is 0 Å². The number of benzene rings is 5. The van der Waals surface area contributed by atoms with Crippen LogP contribution < -0.4 is 15.7 Å². The van der Waals surface area contributed by atoms with Crippen molar-refractivity contribution < 1.29 is 13.0 Å². The van der Waals surface area contributed by atoms with E-state index in [4.69, 9.17) is 5.14 Å². The van der Waals surface area contributed by atoms with E-state index in [-0.39, 0.29) is 10.8 Å². The molecule has 0 fully saturated rings. The maximum Gasteiger partial charge on any atom is 0.268 e. The molecular weight excluding hydrogens is 652 g/mol. The standard InChI is InChI=1S/C40H41N2O3PS2/c1-29-24-30(2)26-31(25-29)37(40(3,4)47(41)43)27-36-35-22-14-15-23-38(35)42(48(44,45)34-20-12-7-13-21-34)39(36)28-46(32-16-8-5-9-17-32)33-18-10-6-11-19-33/h5-26,37H,27-28,41H2,1-4H3. The van der Waals surface area contributed by atoms with Crippen molar-refractivity contribution in [1.29, 1.82) is 0 Å². The van der Waals surface area contributed by atoms with Gasteiger partial charge in [0.2, 0.25) is 0 Å². The number of nitrogens with two attached hydrogens (primary N) is 1. The smallest absolute Gasteiger partial charge is 0.268 e. The van der Waals surface area contributed by atoms with Gasteiger partial charge in [-0.1, -0.05) is 126 Å². The highest BCUT2D eigenvalue weighted by molar-refractivity contribution is 7.90. The largest absolute Gasteiger partial charge is 0.598 e. The third kappa shape index (κ3) is 6.76. The lowest BCUT2D eigenvalue weighted by Gasteiger charge is -2.34. The molecular formula is C40H41N2O3PS2. The number of nitrogens with zero attached hydrogens (tertiary/aromatic N) is 1. The Morgan fingerprint density at radius 3 is 1.81 bits per heavy atom. The van der Waals surface area contributed by atoms with Crippen LogP contribution in [-0.2, 0) is 34.0 Å². The molecule has 6 rings (SSSR count). The summed E-state index contributed by atoms with van der Waals surface area (Å²) in [6.07, 6.45) is 0.948. The maximum atomic E-state index is 14.8. The molecule has 8 heteroatoms. The Labute approximate surface area is 289 Å². The van der Waals surface area contributed by atoms with Crippen molar-refractivity contribution >= 4 is 50.8 Å². The first kappa shape index (κ1) is 34.2. The molecule has 0 amide bonds. The second-order valence-electron chi connectivity index (χ2n) is 12.9. The van der Waals surface area contributed by atoms with Gasteiger partial charge in [0.25, 0.3) is 10.0 Å². The van der Waals surface area contributed by atoms with Gasteiger partial charge in [-0.05, 0) is 82.0 Å². The second-order valence-corrected chi connectivity index (χ2v) is 18.5. The van der Waals surface area contributed by atoms with Crippen LogP contribution in [0.1, 0.15) is 47.7 Å². The Hall–Kier alpha value is -3.71. The molecule has 0 saturated carbocycles. The Kier molecular flexibility index (Phi) is 9.98. The zero-order valence-corrected chi connectivity index (χ0v) is 30.2. The Balaban J connectivity index is 1.66. The summed E-state index contributed by atoms with van der Waals surface area (Å²) in [5.41, 5.74) is 5.57. The Morgan fingerprint density at radius 1 is 0.771 bits per heavy atom. The van der Waals surface area contributed by atoms with Crippen LogP contribution in [-0.4, -0.2) is 21.7 Å². The fourth-order valence-electron chi connectivity index (χ4n) is 6.71. The van der Waals surface area contributed by atoms with Crippen LogP contribution in [0.4, 0.5) is 0 Å². The summed E-state index contributed by atoms with van der Waals surface area (Å²) < 4.78 is 43.6. The maximum absolute atomic E-state index is 14.8. The molecule has 1 heterocycles. The van der Waals surface area contributed by atoms with Gasteiger partial charge in [0.1, 0.15) is 4.75 Å². The Bertz CT molecular complexity index is 2070. The zero-order chi connectivity index (χ0) is 34.1. The summed E-state index contributed by atoms with van der Waals surface area (Å²) in [5.74, 6) is -0.265. The molecule has 2 N–H and O–H groups in total. The van der Waals surface area contributed by atoms with Crippen LogP contribution >= 0.6 is 7.92 Å². The highest BCUT2D eigenvalue weighted by atomic mass is 32.2. The lowest BCUT2D eigenvalue weighted by atomic mass is 9.81. The number of para-hydroxylation sites is 1. The van der Waals surface area contributed by atoms with Gasteiger partial charge in [-0.15, -0.1) is 0 Å². The van der Waals surface area contributed by atoms with E-state index in [0.29, 0.717) is 18.1 Å². The average Bonchev–Trinajstić information content (AvgIpc) is 3.40. The van der Waals surface area contributed by atoms with E-state index in [9.17, 15) is 13.0 Å². The number of aromatic nitrogens is 1. The molecule has 0 aliphatic carbocycles.